The maximum Gasteiger partial charge on any atom is 0.348 e. The van der Waals surface area contributed by atoms with E-state index >= 15 is 0 Å². The van der Waals surface area contributed by atoms with Crippen LogP contribution in [0.2, 0.25) is 5.15 Å². The molecule has 19 heavy (non-hydrogen) atoms. The van der Waals surface area contributed by atoms with Crippen molar-refractivity contribution >= 4 is 23.1 Å². The molecule has 7 heteroatoms. The summed E-state index contributed by atoms with van der Waals surface area (Å²) >= 11 is 5.92. The molecule has 1 saturated heterocycles. The summed E-state index contributed by atoms with van der Waals surface area (Å²) in [6.45, 7) is 5.81. The SMILES string of the molecule is Cc1nc(Cl)c([N+](=O)[O-])c(N2C(C)CCCC2C)n1. The molecule has 0 radical (unpaired) electrons. The largest absolute Gasteiger partial charge is 0.348 e. The summed E-state index contributed by atoms with van der Waals surface area (Å²) < 4.78 is 0. The van der Waals surface area contributed by atoms with Crippen LogP contribution in [0.5, 0.6) is 0 Å². The third kappa shape index (κ3) is 2.63. The maximum absolute atomic E-state index is 11.2. The van der Waals surface area contributed by atoms with Gasteiger partial charge in [0, 0.05) is 12.1 Å². The van der Waals surface area contributed by atoms with E-state index in [9.17, 15) is 10.1 Å². The molecule has 0 N–H and O–H groups in total. The van der Waals surface area contributed by atoms with E-state index in [0.717, 1.165) is 19.3 Å². The van der Waals surface area contributed by atoms with Gasteiger partial charge in [0.1, 0.15) is 5.82 Å². The van der Waals surface area contributed by atoms with E-state index in [-0.39, 0.29) is 22.9 Å². The van der Waals surface area contributed by atoms with Crippen molar-refractivity contribution in [3.63, 3.8) is 0 Å². The van der Waals surface area contributed by atoms with Crippen LogP contribution in [0.15, 0.2) is 0 Å². The number of nitrogens with zero attached hydrogens (tertiary/aromatic N) is 4. The van der Waals surface area contributed by atoms with Crippen LogP contribution in [0.25, 0.3) is 0 Å². The van der Waals surface area contributed by atoms with E-state index in [0.29, 0.717) is 11.6 Å². The number of piperidine rings is 1. The molecule has 2 rings (SSSR count). The van der Waals surface area contributed by atoms with Crippen molar-refractivity contribution in [2.45, 2.75) is 52.1 Å². The lowest BCUT2D eigenvalue weighted by atomic mass is 9.97. The van der Waals surface area contributed by atoms with Gasteiger partial charge in [0.25, 0.3) is 0 Å². The first-order chi connectivity index (χ1) is 8.91. The second kappa shape index (κ2) is 5.28. The Bertz CT molecular complexity index is 499. The lowest BCUT2D eigenvalue weighted by molar-refractivity contribution is -0.384. The third-order valence-electron chi connectivity index (χ3n) is 3.56. The average Bonchev–Trinajstić information content (AvgIpc) is 2.26. The van der Waals surface area contributed by atoms with Crippen molar-refractivity contribution in [1.29, 1.82) is 0 Å². The Morgan fingerprint density at radius 1 is 1.32 bits per heavy atom. The van der Waals surface area contributed by atoms with Gasteiger partial charge in [-0.05, 0) is 40.0 Å². The molecule has 1 aliphatic heterocycles. The standard InChI is InChI=1S/C12H17ClN4O2/c1-7-5-4-6-8(2)16(7)12-10(17(18)19)11(13)14-9(3)15-12/h7-8H,4-6H2,1-3H3. The number of aromatic nitrogens is 2. The zero-order chi connectivity index (χ0) is 14.2. The van der Waals surface area contributed by atoms with Gasteiger partial charge in [-0.1, -0.05) is 11.6 Å². The predicted octanol–water partition coefficient (Wildman–Crippen LogP) is 3.11. The Morgan fingerprint density at radius 2 is 1.89 bits per heavy atom. The minimum absolute atomic E-state index is 0.0857. The molecule has 1 aromatic heterocycles. The van der Waals surface area contributed by atoms with Crippen LogP contribution in [0.1, 0.15) is 38.9 Å². The second-order valence-corrected chi connectivity index (χ2v) is 5.39. The van der Waals surface area contributed by atoms with E-state index < -0.39 is 4.92 Å². The van der Waals surface area contributed by atoms with Crippen LogP contribution >= 0.6 is 11.6 Å². The summed E-state index contributed by atoms with van der Waals surface area (Å²) in [5.74, 6) is 0.803. The topological polar surface area (TPSA) is 72.2 Å². The highest BCUT2D eigenvalue weighted by molar-refractivity contribution is 6.31. The molecule has 0 saturated carbocycles. The van der Waals surface area contributed by atoms with E-state index in [4.69, 9.17) is 11.6 Å². The molecule has 0 amide bonds. The van der Waals surface area contributed by atoms with Gasteiger partial charge < -0.3 is 4.90 Å². The summed E-state index contributed by atoms with van der Waals surface area (Å²) in [6, 6.07) is 0.431. The first kappa shape index (κ1) is 14.0. The van der Waals surface area contributed by atoms with Crippen LogP contribution in [-0.4, -0.2) is 27.0 Å². The van der Waals surface area contributed by atoms with Gasteiger partial charge >= 0.3 is 5.69 Å². The highest BCUT2D eigenvalue weighted by Crippen LogP contribution is 2.37. The molecule has 2 atom stereocenters. The Kier molecular flexibility index (Phi) is 3.89. The van der Waals surface area contributed by atoms with Gasteiger partial charge in [0.15, 0.2) is 0 Å². The summed E-state index contributed by atoms with van der Waals surface area (Å²) in [4.78, 5) is 20.9. The number of anilines is 1. The number of hydrogen-bond donors (Lipinski definition) is 0. The molecule has 1 aliphatic rings. The zero-order valence-electron chi connectivity index (χ0n) is 11.3. The Morgan fingerprint density at radius 3 is 2.42 bits per heavy atom. The van der Waals surface area contributed by atoms with Crippen molar-refractivity contribution in [2.24, 2.45) is 0 Å². The Hall–Kier alpha value is -1.43. The van der Waals surface area contributed by atoms with Crippen LogP contribution in [0.3, 0.4) is 0 Å². The lowest BCUT2D eigenvalue weighted by Crippen LogP contribution is -2.44. The fraction of sp³-hybridized carbons (Fsp3) is 0.667. The molecule has 6 nitrogen and oxygen atoms in total. The Labute approximate surface area is 117 Å². The van der Waals surface area contributed by atoms with Crippen molar-refractivity contribution in [1.82, 2.24) is 9.97 Å². The summed E-state index contributed by atoms with van der Waals surface area (Å²) in [6.07, 6.45) is 3.13. The van der Waals surface area contributed by atoms with Gasteiger partial charge in [-0.2, -0.15) is 0 Å². The van der Waals surface area contributed by atoms with Crippen LogP contribution in [0, 0.1) is 17.0 Å². The van der Waals surface area contributed by atoms with Crippen molar-refractivity contribution in [3.8, 4) is 0 Å². The minimum atomic E-state index is -0.495. The fourth-order valence-electron chi connectivity index (χ4n) is 2.69. The first-order valence-electron chi connectivity index (χ1n) is 6.38. The average molecular weight is 285 g/mol. The molecule has 0 spiro atoms. The van der Waals surface area contributed by atoms with Gasteiger partial charge in [-0.25, -0.2) is 9.97 Å². The number of nitro groups is 1. The van der Waals surface area contributed by atoms with E-state index in [1.54, 1.807) is 6.92 Å². The monoisotopic (exact) mass is 284 g/mol. The maximum atomic E-state index is 11.2. The highest BCUT2D eigenvalue weighted by Gasteiger charge is 2.34. The van der Waals surface area contributed by atoms with Gasteiger partial charge in [0.05, 0.1) is 4.92 Å². The van der Waals surface area contributed by atoms with Gasteiger partial charge in [-0.15, -0.1) is 0 Å². The highest BCUT2D eigenvalue weighted by atomic mass is 35.5. The number of aryl methyl sites for hydroxylation is 1. The Balaban J connectivity index is 2.56. The van der Waals surface area contributed by atoms with Crippen molar-refractivity contribution in [3.05, 3.63) is 21.1 Å². The van der Waals surface area contributed by atoms with E-state index in [1.807, 2.05) is 4.90 Å². The summed E-state index contributed by atoms with van der Waals surface area (Å²) in [5, 5.41) is 11.1. The number of hydrogen-bond acceptors (Lipinski definition) is 5. The molecule has 0 aromatic carbocycles. The molecule has 1 aromatic rings. The molecular weight excluding hydrogens is 268 g/mol. The van der Waals surface area contributed by atoms with Gasteiger partial charge in [0.2, 0.25) is 11.0 Å². The second-order valence-electron chi connectivity index (χ2n) is 5.03. The van der Waals surface area contributed by atoms with E-state index in [1.165, 1.54) is 0 Å². The van der Waals surface area contributed by atoms with Crippen LogP contribution in [-0.2, 0) is 0 Å². The molecular formula is C12H17ClN4O2. The summed E-state index contributed by atoms with van der Waals surface area (Å²) in [5.41, 5.74) is -0.187. The fourth-order valence-corrected chi connectivity index (χ4v) is 2.97. The van der Waals surface area contributed by atoms with E-state index in [2.05, 4.69) is 23.8 Å². The molecule has 2 unspecified atom stereocenters. The normalized spacial score (nSPS) is 23.5. The van der Waals surface area contributed by atoms with Crippen LogP contribution in [0.4, 0.5) is 11.5 Å². The smallest absolute Gasteiger partial charge is 0.345 e. The minimum Gasteiger partial charge on any atom is -0.345 e. The number of rotatable bonds is 2. The van der Waals surface area contributed by atoms with Crippen molar-refractivity contribution in [2.75, 3.05) is 4.90 Å². The molecule has 0 bridgehead atoms. The zero-order valence-corrected chi connectivity index (χ0v) is 12.0. The molecule has 104 valence electrons. The third-order valence-corrected chi connectivity index (χ3v) is 3.82. The lowest BCUT2D eigenvalue weighted by Gasteiger charge is -2.39. The predicted molar refractivity (Wildman–Crippen MR) is 73.7 cm³/mol. The van der Waals surface area contributed by atoms with Gasteiger partial charge in [-0.3, -0.25) is 10.1 Å². The molecule has 0 aliphatic carbocycles. The quantitative estimate of drug-likeness (QED) is 0.474. The van der Waals surface area contributed by atoms with Crippen LogP contribution < -0.4 is 4.90 Å². The molecule has 1 fully saturated rings. The van der Waals surface area contributed by atoms with Crippen molar-refractivity contribution < 1.29 is 4.92 Å². The number of halogens is 1. The molecule has 2 heterocycles. The first-order valence-corrected chi connectivity index (χ1v) is 6.76. The summed E-state index contributed by atoms with van der Waals surface area (Å²) in [7, 11) is 0.